The first-order valence-electron chi connectivity index (χ1n) is 9.21. The van der Waals surface area contributed by atoms with E-state index in [1.54, 1.807) is 0 Å². The van der Waals surface area contributed by atoms with Crippen molar-refractivity contribution in [2.75, 3.05) is 0 Å². The highest BCUT2D eigenvalue weighted by Crippen LogP contribution is 2.57. The topological polar surface area (TPSA) is 26.0 Å². The van der Waals surface area contributed by atoms with E-state index >= 15 is 0 Å². The fraction of sp³-hybridized carbons (Fsp3) is 0.0769. The molecule has 0 saturated heterocycles. The molecule has 3 aromatic carbocycles. The first kappa shape index (κ1) is 15.7. The molecule has 2 aliphatic carbocycles. The highest BCUT2D eigenvalue weighted by molar-refractivity contribution is 5.87. The van der Waals surface area contributed by atoms with Crippen LogP contribution < -0.4 is 5.73 Å². The van der Waals surface area contributed by atoms with Gasteiger partial charge in [0.15, 0.2) is 0 Å². The van der Waals surface area contributed by atoms with Gasteiger partial charge in [-0.15, -0.1) is 0 Å². The number of allylic oxidation sites excluding steroid dienone is 3. The number of benzene rings is 3. The van der Waals surface area contributed by atoms with Crippen molar-refractivity contribution in [3.05, 3.63) is 125 Å². The fourth-order valence-electron chi connectivity index (χ4n) is 4.66. The molecule has 128 valence electrons. The highest BCUT2D eigenvalue weighted by Gasteiger charge is 2.52. The van der Waals surface area contributed by atoms with E-state index in [1.807, 2.05) is 12.2 Å². The Morgan fingerprint density at radius 3 is 2.00 bits per heavy atom. The van der Waals surface area contributed by atoms with E-state index in [4.69, 9.17) is 5.73 Å². The van der Waals surface area contributed by atoms with Crippen molar-refractivity contribution >= 4 is 5.57 Å². The molecule has 27 heavy (non-hydrogen) atoms. The predicted octanol–water partition coefficient (Wildman–Crippen LogP) is 4.89. The molecule has 1 nitrogen and oxygen atoms in total. The van der Waals surface area contributed by atoms with E-state index in [2.05, 4.69) is 96.8 Å². The molecule has 0 amide bonds. The van der Waals surface area contributed by atoms with Crippen LogP contribution in [0.25, 0.3) is 5.57 Å². The van der Waals surface area contributed by atoms with Crippen LogP contribution in [-0.4, -0.2) is 0 Å². The van der Waals surface area contributed by atoms with Gasteiger partial charge in [-0.1, -0.05) is 96.8 Å². The van der Waals surface area contributed by atoms with E-state index in [0.717, 1.165) is 11.3 Å². The molecule has 0 aromatic heterocycles. The SMILES string of the molecule is NC1=C2c3ccccc3C(c3ccccc3)(c3ccccc3)C2C#CC=C1. The van der Waals surface area contributed by atoms with Gasteiger partial charge < -0.3 is 5.73 Å². The first-order chi connectivity index (χ1) is 13.3. The lowest BCUT2D eigenvalue weighted by atomic mass is 9.64. The number of hydrogen-bond donors (Lipinski definition) is 1. The van der Waals surface area contributed by atoms with Crippen LogP contribution in [0.3, 0.4) is 0 Å². The van der Waals surface area contributed by atoms with Gasteiger partial charge in [-0.05, 0) is 40.0 Å². The molecule has 0 saturated carbocycles. The molecule has 1 unspecified atom stereocenters. The maximum atomic E-state index is 6.52. The third-order valence-electron chi connectivity index (χ3n) is 5.71. The van der Waals surface area contributed by atoms with Gasteiger partial charge in [0.1, 0.15) is 0 Å². The van der Waals surface area contributed by atoms with E-state index in [0.29, 0.717) is 0 Å². The van der Waals surface area contributed by atoms with Gasteiger partial charge in [0.2, 0.25) is 0 Å². The second-order valence-corrected chi connectivity index (χ2v) is 7.01. The Morgan fingerprint density at radius 1 is 0.741 bits per heavy atom. The van der Waals surface area contributed by atoms with Gasteiger partial charge in [-0.25, -0.2) is 0 Å². The minimum atomic E-state index is -0.377. The Bertz CT molecular complexity index is 1090. The highest BCUT2D eigenvalue weighted by atomic mass is 14.6. The largest absolute Gasteiger partial charge is 0.398 e. The van der Waals surface area contributed by atoms with Crippen molar-refractivity contribution in [3.8, 4) is 11.8 Å². The van der Waals surface area contributed by atoms with E-state index in [9.17, 15) is 0 Å². The number of rotatable bonds is 2. The lowest BCUT2D eigenvalue weighted by molar-refractivity contribution is 0.574. The van der Waals surface area contributed by atoms with Gasteiger partial charge >= 0.3 is 0 Å². The van der Waals surface area contributed by atoms with Crippen molar-refractivity contribution in [1.82, 2.24) is 0 Å². The maximum Gasteiger partial charge on any atom is 0.0660 e. The summed E-state index contributed by atoms with van der Waals surface area (Å²) >= 11 is 0. The molecule has 0 aliphatic heterocycles. The molecule has 1 heteroatoms. The van der Waals surface area contributed by atoms with Crippen molar-refractivity contribution in [2.45, 2.75) is 5.41 Å². The van der Waals surface area contributed by atoms with Crippen molar-refractivity contribution in [1.29, 1.82) is 0 Å². The Balaban J connectivity index is 1.96. The Labute approximate surface area is 159 Å². The zero-order valence-electron chi connectivity index (χ0n) is 14.9. The molecule has 5 rings (SSSR count). The van der Waals surface area contributed by atoms with Crippen molar-refractivity contribution in [3.63, 3.8) is 0 Å². The molecule has 0 heterocycles. The summed E-state index contributed by atoms with van der Waals surface area (Å²) in [4.78, 5) is 0. The molecule has 1 atom stereocenters. The normalized spacial score (nSPS) is 18.9. The van der Waals surface area contributed by atoms with Crippen LogP contribution in [0, 0.1) is 17.8 Å². The molecular formula is C26H19N. The predicted molar refractivity (Wildman–Crippen MR) is 111 cm³/mol. The van der Waals surface area contributed by atoms with Crippen LogP contribution >= 0.6 is 0 Å². The summed E-state index contributed by atoms with van der Waals surface area (Å²) in [6.07, 6.45) is 3.80. The third-order valence-corrected chi connectivity index (χ3v) is 5.71. The summed E-state index contributed by atoms with van der Waals surface area (Å²) in [5, 5.41) is 0. The summed E-state index contributed by atoms with van der Waals surface area (Å²) < 4.78 is 0. The Hall–Kier alpha value is -3.50. The van der Waals surface area contributed by atoms with E-state index in [-0.39, 0.29) is 11.3 Å². The summed E-state index contributed by atoms with van der Waals surface area (Å²) in [6.45, 7) is 0. The van der Waals surface area contributed by atoms with E-state index < -0.39 is 0 Å². The molecule has 2 aliphatic rings. The second-order valence-electron chi connectivity index (χ2n) is 7.01. The van der Waals surface area contributed by atoms with Crippen LogP contribution in [0.1, 0.15) is 22.3 Å². The Kier molecular flexibility index (Phi) is 3.52. The van der Waals surface area contributed by atoms with Gasteiger partial charge in [0.05, 0.1) is 11.3 Å². The smallest absolute Gasteiger partial charge is 0.0660 e. The number of fused-ring (bicyclic) bond motifs is 3. The van der Waals surface area contributed by atoms with Gasteiger partial charge in [-0.3, -0.25) is 0 Å². The molecule has 0 bridgehead atoms. The quantitative estimate of drug-likeness (QED) is 0.657. The van der Waals surface area contributed by atoms with Gasteiger partial charge in [0.25, 0.3) is 0 Å². The second kappa shape index (κ2) is 6.04. The van der Waals surface area contributed by atoms with Crippen LogP contribution in [0.2, 0.25) is 0 Å². The summed E-state index contributed by atoms with van der Waals surface area (Å²) in [5.41, 5.74) is 13.0. The van der Waals surface area contributed by atoms with Crippen molar-refractivity contribution < 1.29 is 0 Å². The zero-order valence-corrected chi connectivity index (χ0v) is 14.9. The number of hydrogen-bond acceptors (Lipinski definition) is 1. The third kappa shape index (κ3) is 2.14. The lowest BCUT2D eigenvalue weighted by Crippen LogP contribution is -2.34. The summed E-state index contributed by atoms with van der Waals surface area (Å²) in [7, 11) is 0. The van der Waals surface area contributed by atoms with Crippen LogP contribution in [0.4, 0.5) is 0 Å². The molecular weight excluding hydrogens is 326 g/mol. The van der Waals surface area contributed by atoms with E-state index in [1.165, 1.54) is 22.3 Å². The minimum Gasteiger partial charge on any atom is -0.398 e. The average molecular weight is 345 g/mol. The average Bonchev–Trinajstić information content (AvgIpc) is 2.89. The Morgan fingerprint density at radius 2 is 1.33 bits per heavy atom. The molecule has 0 fully saturated rings. The molecule has 0 radical (unpaired) electrons. The fourth-order valence-corrected chi connectivity index (χ4v) is 4.66. The van der Waals surface area contributed by atoms with Crippen LogP contribution in [0.5, 0.6) is 0 Å². The zero-order chi connectivity index (χ0) is 18.3. The summed E-state index contributed by atoms with van der Waals surface area (Å²) in [6, 6.07) is 30.0. The lowest BCUT2D eigenvalue weighted by Gasteiger charge is -2.36. The first-order valence-corrected chi connectivity index (χ1v) is 9.21. The van der Waals surface area contributed by atoms with Crippen molar-refractivity contribution in [2.24, 2.45) is 11.7 Å². The van der Waals surface area contributed by atoms with Gasteiger partial charge in [0, 0.05) is 5.70 Å². The van der Waals surface area contributed by atoms with Gasteiger partial charge in [-0.2, -0.15) is 0 Å². The minimum absolute atomic E-state index is 0.0327. The maximum absolute atomic E-state index is 6.52. The van der Waals surface area contributed by atoms with Crippen LogP contribution in [-0.2, 0) is 5.41 Å². The summed E-state index contributed by atoms with van der Waals surface area (Å²) in [5.74, 6) is 6.73. The number of nitrogens with two attached hydrogens (primary N) is 1. The molecule has 3 aromatic rings. The molecule has 0 spiro atoms. The molecule has 2 N–H and O–H groups in total. The standard InChI is InChI=1S/C26H19N/c27-24-18-10-9-17-23-25(24)21-15-7-8-16-22(21)26(23,19-11-3-1-4-12-19)20-13-5-2-6-14-20/h1-8,10-16,18,23H,27H2. The monoisotopic (exact) mass is 345 g/mol. The van der Waals surface area contributed by atoms with Crippen LogP contribution in [0.15, 0.2) is 103 Å².